The molecule has 0 spiro atoms. The molecular weight excluding hydrogens is 216 g/mol. The van der Waals surface area contributed by atoms with E-state index in [9.17, 15) is 15.0 Å². The molecule has 0 saturated carbocycles. The van der Waals surface area contributed by atoms with Gasteiger partial charge in [-0.1, -0.05) is 0 Å². The van der Waals surface area contributed by atoms with Gasteiger partial charge in [0.05, 0.1) is 12.7 Å². The molecular formula is C9H14N2O5. The highest BCUT2D eigenvalue weighted by Crippen LogP contribution is 2.25. The Morgan fingerprint density at radius 1 is 1.56 bits per heavy atom. The summed E-state index contributed by atoms with van der Waals surface area (Å²) in [5.74, 6) is 0. The van der Waals surface area contributed by atoms with Gasteiger partial charge >= 0.3 is 6.03 Å². The number of hydrogen-bond donors (Lipinski definition) is 4. The molecule has 2 amide bonds. The molecule has 7 nitrogen and oxygen atoms in total. The molecule has 4 atom stereocenters. The smallest absolute Gasteiger partial charge is 0.325 e. The zero-order valence-corrected chi connectivity index (χ0v) is 8.48. The van der Waals surface area contributed by atoms with E-state index < -0.39 is 30.7 Å². The van der Waals surface area contributed by atoms with Crippen LogP contribution in [0.4, 0.5) is 4.79 Å². The van der Waals surface area contributed by atoms with Gasteiger partial charge in [-0.25, -0.2) is 4.79 Å². The van der Waals surface area contributed by atoms with Crippen molar-refractivity contribution in [2.24, 2.45) is 0 Å². The molecule has 2 unspecified atom stereocenters. The molecule has 2 rings (SSSR count). The minimum Gasteiger partial charge on any atom is -0.394 e. The molecule has 1 fully saturated rings. The number of aliphatic hydroxyl groups is 3. The van der Waals surface area contributed by atoms with E-state index in [-0.39, 0.29) is 13.0 Å². The lowest BCUT2D eigenvalue weighted by molar-refractivity contribution is -0.0991. The fourth-order valence-electron chi connectivity index (χ4n) is 1.84. The lowest BCUT2D eigenvalue weighted by Crippen LogP contribution is -2.52. The molecule has 0 aromatic heterocycles. The zero-order valence-electron chi connectivity index (χ0n) is 8.48. The summed E-state index contributed by atoms with van der Waals surface area (Å²) in [4.78, 5) is 12.6. The number of amides is 2. The van der Waals surface area contributed by atoms with Gasteiger partial charge in [-0.05, 0) is 6.08 Å². The number of aliphatic hydroxyl groups excluding tert-OH is 3. The van der Waals surface area contributed by atoms with E-state index in [0.717, 1.165) is 4.90 Å². The van der Waals surface area contributed by atoms with Crippen molar-refractivity contribution in [3.63, 3.8) is 0 Å². The first-order valence-corrected chi connectivity index (χ1v) is 5.01. The number of rotatable bonds is 2. The lowest BCUT2D eigenvalue weighted by Gasteiger charge is -2.33. The Morgan fingerprint density at radius 3 is 2.88 bits per heavy atom. The fraction of sp³-hybridized carbons (Fsp3) is 0.667. The van der Waals surface area contributed by atoms with Gasteiger partial charge in [0.15, 0.2) is 6.23 Å². The van der Waals surface area contributed by atoms with Crippen molar-refractivity contribution < 1.29 is 24.9 Å². The number of nitrogens with zero attached hydrogens (tertiary/aromatic N) is 1. The molecule has 90 valence electrons. The molecule has 0 aromatic carbocycles. The van der Waals surface area contributed by atoms with Crippen LogP contribution in [0.15, 0.2) is 12.3 Å². The lowest BCUT2D eigenvalue weighted by atomic mass is 10.2. The van der Waals surface area contributed by atoms with Crippen LogP contribution in [-0.2, 0) is 4.74 Å². The molecule has 1 saturated heterocycles. The summed E-state index contributed by atoms with van der Waals surface area (Å²) in [6.07, 6.45) is -0.446. The maximum atomic E-state index is 11.5. The first kappa shape index (κ1) is 11.3. The first-order chi connectivity index (χ1) is 7.63. The van der Waals surface area contributed by atoms with Crippen molar-refractivity contribution in [2.45, 2.75) is 31.1 Å². The summed E-state index contributed by atoms with van der Waals surface area (Å²) < 4.78 is 5.27. The Labute approximate surface area is 91.9 Å². The van der Waals surface area contributed by atoms with Crippen LogP contribution in [0.1, 0.15) is 6.42 Å². The molecule has 0 bridgehead atoms. The standard InChI is InChI=1S/C9H14N2O5/c12-4-6-5(13)3-8(16-6)11-7(14)1-2-10-9(11)15/h1-2,5-8,12-14H,3-4H2,(H,10,15)/t5?,6-,7?,8-/m1/s1. The Kier molecular flexibility index (Phi) is 3.10. The van der Waals surface area contributed by atoms with Crippen LogP contribution in [0.3, 0.4) is 0 Å². The highest BCUT2D eigenvalue weighted by Gasteiger charge is 2.41. The van der Waals surface area contributed by atoms with E-state index in [2.05, 4.69) is 5.32 Å². The van der Waals surface area contributed by atoms with Crippen molar-refractivity contribution in [1.29, 1.82) is 0 Å². The number of carbonyl (C=O) groups excluding carboxylic acids is 1. The second-order valence-electron chi connectivity index (χ2n) is 3.74. The minimum atomic E-state index is -1.08. The molecule has 0 aromatic rings. The summed E-state index contributed by atoms with van der Waals surface area (Å²) in [5.41, 5.74) is 0. The largest absolute Gasteiger partial charge is 0.394 e. The molecule has 0 radical (unpaired) electrons. The fourth-order valence-corrected chi connectivity index (χ4v) is 1.84. The third kappa shape index (κ3) is 1.90. The highest BCUT2D eigenvalue weighted by molar-refractivity contribution is 5.77. The second kappa shape index (κ2) is 4.38. The number of urea groups is 1. The molecule has 2 aliphatic heterocycles. The monoisotopic (exact) mass is 230 g/mol. The number of hydrogen-bond acceptors (Lipinski definition) is 5. The minimum absolute atomic E-state index is 0.170. The summed E-state index contributed by atoms with van der Waals surface area (Å²) in [7, 11) is 0. The van der Waals surface area contributed by atoms with E-state index in [4.69, 9.17) is 9.84 Å². The van der Waals surface area contributed by atoms with E-state index in [1.807, 2.05) is 0 Å². The summed E-state index contributed by atoms with van der Waals surface area (Å²) in [6.45, 7) is -0.320. The van der Waals surface area contributed by atoms with Gasteiger partial charge in [0.1, 0.15) is 12.3 Å². The number of nitrogens with one attached hydrogen (secondary N) is 1. The van der Waals surface area contributed by atoms with Crippen LogP contribution < -0.4 is 5.32 Å². The maximum absolute atomic E-state index is 11.5. The molecule has 4 N–H and O–H groups in total. The summed E-state index contributed by atoms with van der Waals surface area (Å²) >= 11 is 0. The Morgan fingerprint density at radius 2 is 2.31 bits per heavy atom. The number of carbonyl (C=O) groups is 1. The Hall–Kier alpha value is -1.15. The topological polar surface area (TPSA) is 102 Å². The molecule has 7 heteroatoms. The van der Waals surface area contributed by atoms with Gasteiger partial charge in [-0.3, -0.25) is 4.90 Å². The third-order valence-corrected chi connectivity index (χ3v) is 2.69. The molecule has 2 aliphatic rings. The normalized spacial score (nSPS) is 38.9. The highest BCUT2D eigenvalue weighted by atomic mass is 16.5. The zero-order chi connectivity index (χ0) is 11.7. The Bertz CT molecular complexity index is 308. The van der Waals surface area contributed by atoms with E-state index in [0.29, 0.717) is 0 Å². The predicted molar refractivity (Wildman–Crippen MR) is 51.9 cm³/mol. The average molecular weight is 230 g/mol. The van der Waals surface area contributed by atoms with Gasteiger partial charge < -0.3 is 25.4 Å². The van der Waals surface area contributed by atoms with E-state index in [1.165, 1.54) is 12.3 Å². The van der Waals surface area contributed by atoms with E-state index in [1.54, 1.807) is 0 Å². The summed E-state index contributed by atoms with van der Waals surface area (Å²) in [5, 5.41) is 30.4. The molecule has 0 aliphatic carbocycles. The van der Waals surface area contributed by atoms with Crippen LogP contribution in [0.2, 0.25) is 0 Å². The van der Waals surface area contributed by atoms with Crippen LogP contribution in [0.5, 0.6) is 0 Å². The first-order valence-electron chi connectivity index (χ1n) is 5.01. The predicted octanol–water partition coefficient (Wildman–Crippen LogP) is -1.69. The van der Waals surface area contributed by atoms with Crippen molar-refractivity contribution in [3.8, 4) is 0 Å². The van der Waals surface area contributed by atoms with Gasteiger partial charge in [0, 0.05) is 12.6 Å². The molecule has 16 heavy (non-hydrogen) atoms. The van der Waals surface area contributed by atoms with Crippen LogP contribution >= 0.6 is 0 Å². The molecule has 2 heterocycles. The van der Waals surface area contributed by atoms with Gasteiger partial charge in [-0.2, -0.15) is 0 Å². The SMILES string of the molecule is O=C1NC=CC(O)N1[C@H]1CC(O)[C@@H](CO)O1. The van der Waals surface area contributed by atoms with Crippen LogP contribution in [0.25, 0.3) is 0 Å². The van der Waals surface area contributed by atoms with E-state index >= 15 is 0 Å². The van der Waals surface area contributed by atoms with Gasteiger partial charge in [0.2, 0.25) is 0 Å². The Balaban J connectivity index is 2.08. The number of ether oxygens (including phenoxy) is 1. The average Bonchev–Trinajstić information content (AvgIpc) is 2.59. The van der Waals surface area contributed by atoms with Crippen molar-refractivity contribution >= 4 is 6.03 Å². The summed E-state index contributed by atoms with van der Waals surface area (Å²) in [6, 6.07) is -0.495. The second-order valence-corrected chi connectivity index (χ2v) is 3.74. The van der Waals surface area contributed by atoms with Gasteiger partial charge in [-0.15, -0.1) is 0 Å². The van der Waals surface area contributed by atoms with Gasteiger partial charge in [0.25, 0.3) is 0 Å². The van der Waals surface area contributed by atoms with Crippen molar-refractivity contribution in [2.75, 3.05) is 6.61 Å². The maximum Gasteiger partial charge on any atom is 0.325 e. The quantitative estimate of drug-likeness (QED) is 0.453. The third-order valence-electron chi connectivity index (χ3n) is 2.69. The van der Waals surface area contributed by atoms with Crippen LogP contribution in [0, 0.1) is 0 Å². The van der Waals surface area contributed by atoms with Crippen LogP contribution in [-0.4, -0.2) is 57.5 Å². The van der Waals surface area contributed by atoms with Crippen molar-refractivity contribution in [3.05, 3.63) is 12.3 Å². The van der Waals surface area contributed by atoms with Crippen molar-refractivity contribution in [1.82, 2.24) is 10.2 Å².